The minimum absolute atomic E-state index is 0.0196. The summed E-state index contributed by atoms with van der Waals surface area (Å²) in [5.74, 6) is -1.90. The molecule has 3 N–H and O–H groups in total. The molecule has 0 aliphatic carbocycles. The Hall–Kier alpha value is -7.47. The number of carboxylic acid groups (broad SMARTS) is 1. The Morgan fingerprint density at radius 2 is 0.778 bits per heavy atom. The van der Waals surface area contributed by atoms with Crippen molar-refractivity contribution in [1.82, 2.24) is 0 Å². The molecular formula is C55H64O17. The molecule has 0 amide bonds. The summed E-state index contributed by atoms with van der Waals surface area (Å²) >= 11 is 0. The van der Waals surface area contributed by atoms with Gasteiger partial charge in [-0.25, -0.2) is 14.4 Å². The number of aliphatic hydroxyl groups is 2. The normalized spacial score (nSPS) is 12.9. The monoisotopic (exact) mass is 996 g/mol. The maximum absolute atomic E-state index is 12.5. The van der Waals surface area contributed by atoms with Gasteiger partial charge < -0.3 is 58.0 Å². The number of aliphatic hydroxyl groups excluding tert-OH is 2. The van der Waals surface area contributed by atoms with E-state index >= 15 is 0 Å². The Balaban J connectivity index is 1.43. The summed E-state index contributed by atoms with van der Waals surface area (Å²) in [6.45, 7) is 17.1. The van der Waals surface area contributed by atoms with Gasteiger partial charge >= 0.3 is 29.8 Å². The molecule has 0 aromatic heterocycles. The second-order valence-corrected chi connectivity index (χ2v) is 17.4. The first kappa shape index (κ1) is 57.1. The summed E-state index contributed by atoms with van der Waals surface area (Å²) in [7, 11) is 0. The smallest absolute Gasteiger partial charge is 0.330 e. The number of rotatable bonds is 32. The molecule has 0 fully saturated rings. The first-order valence-electron chi connectivity index (χ1n) is 23.0. The number of aliphatic carboxylic acids is 1. The molecule has 386 valence electrons. The quantitative estimate of drug-likeness (QED) is 0.0265. The van der Waals surface area contributed by atoms with Crippen molar-refractivity contribution in [2.45, 2.75) is 75.8 Å². The van der Waals surface area contributed by atoms with Gasteiger partial charge in [0, 0.05) is 29.1 Å². The molecule has 17 heteroatoms. The predicted molar refractivity (Wildman–Crippen MR) is 264 cm³/mol. The highest BCUT2D eigenvalue weighted by atomic mass is 16.6. The first-order valence-corrected chi connectivity index (χ1v) is 23.0. The summed E-state index contributed by atoms with van der Waals surface area (Å²) < 4.78 is 50.2. The lowest BCUT2D eigenvalue weighted by Crippen LogP contribution is -2.35. The molecule has 4 rings (SSSR count). The lowest BCUT2D eigenvalue weighted by molar-refractivity contribution is -0.164. The van der Waals surface area contributed by atoms with E-state index in [1.807, 2.05) is 72.8 Å². The van der Waals surface area contributed by atoms with Gasteiger partial charge in [0.2, 0.25) is 0 Å². The standard InChI is InChI=1S/C55H64O17/c1-8-50(60)69-31-41(56)29-64-43-19-11-37(12-20-43)54(4,5)39-15-23-45(24-16-39)66-33-47(68-35-48(36-71-52(62)10-3)72-53(63)28-27-49(58)59)34-67-46-25-17-40(18-26-46)55(6,7)38-13-21-44(22-14-38)65-30-42(57)32-70-51(61)9-2/h8-26,41-42,47-48,56-57H,1-3,27-36H2,4-7H3,(H,58,59). The highest BCUT2D eigenvalue weighted by Crippen LogP contribution is 2.35. The van der Waals surface area contributed by atoms with Gasteiger partial charge in [0.1, 0.15) is 87.6 Å². The maximum atomic E-state index is 12.5. The molecule has 0 bridgehead atoms. The fourth-order valence-corrected chi connectivity index (χ4v) is 6.73. The molecule has 0 aliphatic rings. The molecule has 4 aromatic carbocycles. The fraction of sp³-hybridized carbons (Fsp3) is 0.364. The van der Waals surface area contributed by atoms with Crippen LogP contribution in [0.4, 0.5) is 0 Å². The lowest BCUT2D eigenvalue weighted by atomic mass is 9.78. The Morgan fingerprint density at radius 1 is 0.458 bits per heavy atom. The molecule has 0 spiro atoms. The van der Waals surface area contributed by atoms with E-state index in [1.54, 1.807) is 24.3 Å². The number of esters is 4. The molecule has 3 unspecified atom stereocenters. The fourth-order valence-electron chi connectivity index (χ4n) is 6.73. The average Bonchev–Trinajstić information content (AvgIpc) is 3.38. The van der Waals surface area contributed by atoms with E-state index in [1.165, 1.54) is 0 Å². The predicted octanol–water partition coefficient (Wildman–Crippen LogP) is 6.63. The van der Waals surface area contributed by atoms with Crippen molar-refractivity contribution in [1.29, 1.82) is 0 Å². The Labute approximate surface area is 419 Å². The van der Waals surface area contributed by atoms with Crippen LogP contribution in [0.3, 0.4) is 0 Å². The molecule has 4 aromatic rings. The Kier molecular flexibility index (Phi) is 22.5. The van der Waals surface area contributed by atoms with Crippen LogP contribution in [0.15, 0.2) is 135 Å². The summed E-state index contributed by atoms with van der Waals surface area (Å²) in [4.78, 5) is 58.1. The van der Waals surface area contributed by atoms with Gasteiger partial charge in [0.25, 0.3) is 0 Å². The van der Waals surface area contributed by atoms with Crippen LogP contribution in [-0.4, -0.2) is 122 Å². The number of carbonyl (C=O) groups is 5. The highest BCUT2D eigenvalue weighted by molar-refractivity contribution is 5.82. The molecule has 0 heterocycles. The number of ether oxygens (including phenoxy) is 9. The molecule has 72 heavy (non-hydrogen) atoms. The van der Waals surface area contributed by atoms with Crippen LogP contribution in [0, 0.1) is 0 Å². The van der Waals surface area contributed by atoms with E-state index in [4.69, 9.17) is 47.7 Å². The van der Waals surface area contributed by atoms with Crippen LogP contribution < -0.4 is 18.9 Å². The van der Waals surface area contributed by atoms with Crippen LogP contribution in [0.5, 0.6) is 23.0 Å². The lowest BCUT2D eigenvalue weighted by Gasteiger charge is -2.27. The van der Waals surface area contributed by atoms with Crippen molar-refractivity contribution >= 4 is 29.8 Å². The third-order valence-electron chi connectivity index (χ3n) is 11.2. The number of carbonyl (C=O) groups excluding carboxylic acids is 4. The minimum Gasteiger partial charge on any atom is -0.491 e. The third-order valence-corrected chi connectivity index (χ3v) is 11.2. The highest BCUT2D eigenvalue weighted by Gasteiger charge is 2.26. The molecule has 3 atom stereocenters. The van der Waals surface area contributed by atoms with Gasteiger partial charge in [0.05, 0.1) is 19.4 Å². The molecule has 0 radical (unpaired) electrons. The summed E-state index contributed by atoms with van der Waals surface area (Å²) in [6, 6.07) is 30.0. The van der Waals surface area contributed by atoms with Crippen LogP contribution >= 0.6 is 0 Å². The third kappa shape index (κ3) is 19.0. The number of benzene rings is 4. The van der Waals surface area contributed by atoms with E-state index in [0.717, 1.165) is 40.5 Å². The van der Waals surface area contributed by atoms with E-state index in [0.29, 0.717) is 23.0 Å². The van der Waals surface area contributed by atoms with E-state index in [-0.39, 0.29) is 52.9 Å². The largest absolute Gasteiger partial charge is 0.491 e. The zero-order valence-corrected chi connectivity index (χ0v) is 41.0. The second kappa shape index (κ2) is 28.4. The minimum atomic E-state index is -1.18. The van der Waals surface area contributed by atoms with Gasteiger partial charge in [-0.05, 0) is 70.8 Å². The second-order valence-electron chi connectivity index (χ2n) is 17.4. The molecule has 0 saturated carbocycles. The van der Waals surface area contributed by atoms with Crippen LogP contribution in [0.25, 0.3) is 0 Å². The van der Waals surface area contributed by atoms with Crippen LogP contribution in [-0.2, 0) is 58.5 Å². The SMILES string of the molecule is C=CC(=O)OCC(O)COc1ccc(C(C)(C)c2ccc(OCC(COc3ccc(C(C)(C)c4ccc(OCC(O)COC(=O)C=C)cc4)cc3)OCC(COC(=O)C=C)OC(=O)CCC(=O)O)cc2)cc1. The van der Waals surface area contributed by atoms with E-state index < -0.39 is 77.9 Å². The van der Waals surface area contributed by atoms with E-state index in [2.05, 4.69) is 47.4 Å². The van der Waals surface area contributed by atoms with Crippen molar-refractivity contribution in [3.05, 3.63) is 157 Å². The van der Waals surface area contributed by atoms with E-state index in [9.17, 15) is 34.2 Å². The topological polar surface area (TPSA) is 229 Å². The summed E-state index contributed by atoms with van der Waals surface area (Å²) in [5.41, 5.74) is 3.06. The molecule has 17 nitrogen and oxygen atoms in total. The van der Waals surface area contributed by atoms with Crippen molar-refractivity contribution < 1.29 is 81.9 Å². The van der Waals surface area contributed by atoms with Gasteiger partial charge in [-0.3, -0.25) is 9.59 Å². The summed E-state index contributed by atoms with van der Waals surface area (Å²) in [5, 5.41) is 29.2. The van der Waals surface area contributed by atoms with Crippen molar-refractivity contribution in [3.63, 3.8) is 0 Å². The van der Waals surface area contributed by atoms with Gasteiger partial charge in [-0.15, -0.1) is 0 Å². The Morgan fingerprint density at radius 3 is 1.10 bits per heavy atom. The molecule has 0 aliphatic heterocycles. The van der Waals surface area contributed by atoms with Gasteiger partial charge in [-0.1, -0.05) is 96.0 Å². The van der Waals surface area contributed by atoms with Crippen LogP contribution in [0.1, 0.15) is 62.8 Å². The van der Waals surface area contributed by atoms with Crippen molar-refractivity contribution in [2.24, 2.45) is 0 Å². The first-order chi connectivity index (χ1) is 34.3. The van der Waals surface area contributed by atoms with Crippen molar-refractivity contribution in [3.8, 4) is 23.0 Å². The molecular weight excluding hydrogens is 933 g/mol. The van der Waals surface area contributed by atoms with Gasteiger partial charge in [0.15, 0.2) is 6.10 Å². The zero-order chi connectivity index (χ0) is 52.7. The maximum Gasteiger partial charge on any atom is 0.330 e. The number of hydrogen-bond acceptors (Lipinski definition) is 16. The number of hydrogen-bond donors (Lipinski definition) is 3. The average molecular weight is 997 g/mol. The summed E-state index contributed by atoms with van der Waals surface area (Å²) in [6.07, 6.45) is -1.74. The Bertz CT molecular complexity index is 2250. The van der Waals surface area contributed by atoms with Crippen LogP contribution in [0.2, 0.25) is 0 Å². The van der Waals surface area contributed by atoms with Gasteiger partial charge in [-0.2, -0.15) is 0 Å². The number of carboxylic acids is 1. The molecule has 0 saturated heterocycles. The zero-order valence-electron chi connectivity index (χ0n) is 41.0. The van der Waals surface area contributed by atoms with Crippen molar-refractivity contribution in [2.75, 3.05) is 52.9 Å².